The average Bonchev–Trinajstić information content (AvgIpc) is 2.14. The molecule has 1 heterocycles. The number of pyridine rings is 1. The number of nitriles is 2. The summed E-state index contributed by atoms with van der Waals surface area (Å²) in [6, 6.07) is 6.76. The SMILES string of the molecule is N#CC(C#N)=Cc1ccnc(Cl)c1. The summed E-state index contributed by atoms with van der Waals surface area (Å²) in [4.78, 5) is 3.77. The molecule has 1 rings (SSSR count). The molecule has 1 aromatic rings. The van der Waals surface area contributed by atoms with Gasteiger partial charge in [0, 0.05) is 6.20 Å². The predicted molar refractivity (Wildman–Crippen MR) is 48.5 cm³/mol. The van der Waals surface area contributed by atoms with Crippen LogP contribution < -0.4 is 0 Å². The first-order chi connectivity index (χ1) is 6.26. The van der Waals surface area contributed by atoms with E-state index in [4.69, 9.17) is 22.1 Å². The smallest absolute Gasteiger partial charge is 0.130 e. The molecule has 0 N–H and O–H groups in total. The van der Waals surface area contributed by atoms with Crippen molar-refractivity contribution in [3.05, 3.63) is 34.6 Å². The van der Waals surface area contributed by atoms with Crippen LogP contribution in [0.1, 0.15) is 5.56 Å². The largest absolute Gasteiger partial charge is 0.245 e. The molecule has 1 aromatic heterocycles. The van der Waals surface area contributed by atoms with Gasteiger partial charge in [0.15, 0.2) is 0 Å². The summed E-state index contributed by atoms with van der Waals surface area (Å²) < 4.78 is 0. The number of hydrogen-bond acceptors (Lipinski definition) is 3. The van der Waals surface area contributed by atoms with Gasteiger partial charge >= 0.3 is 0 Å². The van der Waals surface area contributed by atoms with E-state index in [1.807, 2.05) is 0 Å². The standard InChI is InChI=1S/C9H4ClN3/c10-9-4-7(1-2-13-9)3-8(5-11)6-12/h1-4H. The van der Waals surface area contributed by atoms with Crippen LogP contribution in [0.3, 0.4) is 0 Å². The Morgan fingerprint density at radius 1 is 1.46 bits per heavy atom. The van der Waals surface area contributed by atoms with Crippen LogP contribution in [-0.4, -0.2) is 4.98 Å². The number of nitrogens with zero attached hydrogens (tertiary/aromatic N) is 3. The van der Waals surface area contributed by atoms with Gasteiger partial charge < -0.3 is 0 Å². The van der Waals surface area contributed by atoms with Gasteiger partial charge in [-0.2, -0.15) is 10.5 Å². The normalized spacial score (nSPS) is 8.23. The second-order valence-corrected chi connectivity index (χ2v) is 2.58. The van der Waals surface area contributed by atoms with E-state index in [2.05, 4.69) is 4.98 Å². The van der Waals surface area contributed by atoms with Crippen molar-refractivity contribution < 1.29 is 0 Å². The van der Waals surface area contributed by atoms with Crippen molar-refractivity contribution in [3.63, 3.8) is 0 Å². The number of halogens is 1. The fourth-order valence-corrected chi connectivity index (χ4v) is 0.946. The van der Waals surface area contributed by atoms with E-state index in [9.17, 15) is 0 Å². The molecule has 0 bridgehead atoms. The van der Waals surface area contributed by atoms with E-state index in [0.717, 1.165) is 0 Å². The number of hydrogen-bond donors (Lipinski definition) is 0. The van der Waals surface area contributed by atoms with E-state index in [-0.39, 0.29) is 5.57 Å². The van der Waals surface area contributed by atoms with Crippen LogP contribution >= 0.6 is 11.6 Å². The Morgan fingerprint density at radius 3 is 2.69 bits per heavy atom. The van der Waals surface area contributed by atoms with Gasteiger partial charge in [-0.15, -0.1) is 0 Å². The van der Waals surface area contributed by atoms with Gasteiger partial charge in [0.25, 0.3) is 0 Å². The Bertz CT molecular complexity index is 407. The zero-order valence-electron chi connectivity index (χ0n) is 6.53. The highest BCUT2D eigenvalue weighted by Gasteiger charge is 1.94. The summed E-state index contributed by atoms with van der Waals surface area (Å²) in [5, 5.41) is 17.3. The minimum Gasteiger partial charge on any atom is -0.245 e. The topological polar surface area (TPSA) is 60.5 Å². The van der Waals surface area contributed by atoms with Crippen molar-refractivity contribution in [2.24, 2.45) is 0 Å². The Labute approximate surface area is 80.5 Å². The third-order valence-electron chi connectivity index (χ3n) is 1.30. The maximum atomic E-state index is 8.47. The second kappa shape index (κ2) is 4.25. The molecule has 0 saturated heterocycles. The first-order valence-electron chi connectivity index (χ1n) is 3.39. The number of allylic oxidation sites excluding steroid dienone is 1. The third-order valence-corrected chi connectivity index (χ3v) is 1.51. The summed E-state index contributed by atoms with van der Waals surface area (Å²) in [6.45, 7) is 0. The molecule has 0 unspecified atom stereocenters. The van der Waals surface area contributed by atoms with Crippen LogP contribution in [-0.2, 0) is 0 Å². The van der Waals surface area contributed by atoms with E-state index in [0.29, 0.717) is 10.7 Å². The number of rotatable bonds is 1. The van der Waals surface area contributed by atoms with Gasteiger partial charge in [-0.1, -0.05) is 11.6 Å². The van der Waals surface area contributed by atoms with Gasteiger partial charge in [-0.05, 0) is 23.8 Å². The minimum absolute atomic E-state index is 0.0438. The second-order valence-electron chi connectivity index (χ2n) is 2.19. The Balaban J connectivity index is 3.06. The fraction of sp³-hybridized carbons (Fsp3) is 0. The molecule has 13 heavy (non-hydrogen) atoms. The van der Waals surface area contributed by atoms with Crippen LogP contribution in [0, 0.1) is 22.7 Å². The lowest BCUT2D eigenvalue weighted by atomic mass is 10.2. The summed E-state index contributed by atoms with van der Waals surface area (Å²) in [5.41, 5.74) is 0.736. The molecule has 0 saturated carbocycles. The quantitative estimate of drug-likeness (QED) is 0.503. The van der Waals surface area contributed by atoms with Crippen LogP contribution in [0.2, 0.25) is 5.15 Å². The third kappa shape index (κ3) is 2.59. The lowest BCUT2D eigenvalue weighted by molar-refractivity contribution is 1.32. The monoisotopic (exact) mass is 189 g/mol. The van der Waals surface area contributed by atoms with E-state index < -0.39 is 0 Å². The Morgan fingerprint density at radius 2 is 2.15 bits per heavy atom. The minimum atomic E-state index is 0.0438. The molecule has 0 aliphatic carbocycles. The lowest BCUT2D eigenvalue weighted by Crippen LogP contribution is -1.78. The van der Waals surface area contributed by atoms with Crippen LogP contribution in [0.25, 0.3) is 6.08 Å². The molecule has 0 atom stereocenters. The molecule has 62 valence electrons. The van der Waals surface area contributed by atoms with E-state index in [1.54, 1.807) is 24.3 Å². The highest BCUT2D eigenvalue weighted by Crippen LogP contribution is 2.10. The summed E-state index contributed by atoms with van der Waals surface area (Å²) in [7, 11) is 0. The highest BCUT2D eigenvalue weighted by molar-refractivity contribution is 6.29. The van der Waals surface area contributed by atoms with Crippen molar-refractivity contribution in [2.75, 3.05) is 0 Å². The maximum absolute atomic E-state index is 8.47. The molecular weight excluding hydrogens is 186 g/mol. The zero-order chi connectivity index (χ0) is 9.68. The van der Waals surface area contributed by atoms with Crippen LogP contribution in [0.15, 0.2) is 23.9 Å². The van der Waals surface area contributed by atoms with Crippen molar-refractivity contribution in [3.8, 4) is 12.1 Å². The van der Waals surface area contributed by atoms with Crippen molar-refractivity contribution in [2.45, 2.75) is 0 Å². The fourth-order valence-electron chi connectivity index (χ4n) is 0.763. The zero-order valence-corrected chi connectivity index (χ0v) is 7.28. The summed E-state index contributed by atoms with van der Waals surface area (Å²) in [5.74, 6) is 0. The molecule has 4 heteroatoms. The van der Waals surface area contributed by atoms with Gasteiger partial charge in [-0.25, -0.2) is 4.98 Å². The van der Waals surface area contributed by atoms with Gasteiger partial charge in [0.05, 0.1) is 0 Å². The molecular formula is C9H4ClN3. The summed E-state index contributed by atoms with van der Waals surface area (Å²) in [6.07, 6.45) is 2.97. The molecule has 0 fully saturated rings. The van der Waals surface area contributed by atoms with Gasteiger partial charge in [-0.3, -0.25) is 0 Å². The molecule has 0 amide bonds. The molecule has 0 aliphatic heterocycles. The van der Waals surface area contributed by atoms with Gasteiger partial charge in [0.1, 0.15) is 22.9 Å². The Kier molecular flexibility index (Phi) is 3.03. The highest BCUT2D eigenvalue weighted by atomic mass is 35.5. The van der Waals surface area contributed by atoms with Gasteiger partial charge in [0.2, 0.25) is 0 Å². The molecule has 0 spiro atoms. The van der Waals surface area contributed by atoms with Crippen LogP contribution in [0.5, 0.6) is 0 Å². The first kappa shape index (κ1) is 9.25. The predicted octanol–water partition coefficient (Wildman–Crippen LogP) is 2.17. The van der Waals surface area contributed by atoms with Crippen molar-refractivity contribution in [1.82, 2.24) is 4.98 Å². The van der Waals surface area contributed by atoms with Crippen molar-refractivity contribution >= 4 is 17.7 Å². The van der Waals surface area contributed by atoms with E-state index >= 15 is 0 Å². The van der Waals surface area contributed by atoms with E-state index in [1.165, 1.54) is 12.3 Å². The summed E-state index contributed by atoms with van der Waals surface area (Å²) >= 11 is 5.61. The van der Waals surface area contributed by atoms with Crippen LogP contribution in [0.4, 0.5) is 0 Å². The van der Waals surface area contributed by atoms with Crippen molar-refractivity contribution in [1.29, 1.82) is 10.5 Å². The molecule has 3 nitrogen and oxygen atoms in total. The lowest BCUT2D eigenvalue weighted by Gasteiger charge is -1.91. The molecule has 0 radical (unpaired) electrons. The average molecular weight is 190 g/mol. The Hall–Kier alpha value is -1.84. The first-order valence-corrected chi connectivity index (χ1v) is 3.77. The molecule has 0 aromatic carbocycles. The number of aromatic nitrogens is 1. The molecule has 0 aliphatic rings. The maximum Gasteiger partial charge on any atom is 0.130 e.